The molecule has 0 bridgehead atoms. The first kappa shape index (κ1) is 13.8. The SMILES string of the molecule is Brc1ccsc1CN1CCC2NCCC2C1.Cl. The van der Waals surface area contributed by atoms with Crippen LogP contribution in [0.15, 0.2) is 15.9 Å². The van der Waals surface area contributed by atoms with Crippen LogP contribution < -0.4 is 5.32 Å². The molecule has 0 aromatic carbocycles. The molecule has 96 valence electrons. The summed E-state index contributed by atoms with van der Waals surface area (Å²) in [4.78, 5) is 4.09. The van der Waals surface area contributed by atoms with Crippen molar-refractivity contribution in [3.05, 3.63) is 20.8 Å². The summed E-state index contributed by atoms with van der Waals surface area (Å²) in [6.45, 7) is 4.88. The molecule has 2 aliphatic rings. The normalized spacial score (nSPS) is 28.8. The van der Waals surface area contributed by atoms with Gasteiger partial charge in [-0.25, -0.2) is 0 Å². The van der Waals surface area contributed by atoms with Gasteiger partial charge >= 0.3 is 0 Å². The number of rotatable bonds is 2. The standard InChI is InChI=1S/C12H17BrN2S.ClH/c13-10-3-6-16-12(10)8-15-5-2-11-9(7-15)1-4-14-11;/h3,6,9,11,14H,1-2,4-5,7-8H2;1H. The zero-order valence-corrected chi connectivity index (χ0v) is 12.9. The highest BCUT2D eigenvalue weighted by Gasteiger charge is 2.32. The van der Waals surface area contributed by atoms with Crippen LogP contribution in [0.1, 0.15) is 17.7 Å². The van der Waals surface area contributed by atoms with Crippen molar-refractivity contribution in [1.29, 1.82) is 0 Å². The van der Waals surface area contributed by atoms with E-state index in [9.17, 15) is 0 Å². The molecule has 2 unspecified atom stereocenters. The maximum absolute atomic E-state index is 3.62. The highest BCUT2D eigenvalue weighted by Crippen LogP contribution is 2.29. The van der Waals surface area contributed by atoms with Gasteiger partial charge in [-0.1, -0.05) is 0 Å². The van der Waals surface area contributed by atoms with Crippen LogP contribution in [0.4, 0.5) is 0 Å². The van der Waals surface area contributed by atoms with Crippen molar-refractivity contribution >= 4 is 39.7 Å². The van der Waals surface area contributed by atoms with Crippen LogP contribution in [0.3, 0.4) is 0 Å². The minimum Gasteiger partial charge on any atom is -0.314 e. The third-order valence-electron chi connectivity index (χ3n) is 3.80. The summed E-state index contributed by atoms with van der Waals surface area (Å²) >= 11 is 5.49. The summed E-state index contributed by atoms with van der Waals surface area (Å²) in [5.74, 6) is 0.896. The van der Waals surface area contributed by atoms with Crippen LogP contribution in [-0.2, 0) is 6.54 Å². The van der Waals surface area contributed by atoms with Gasteiger partial charge in [0, 0.05) is 35.0 Å². The molecule has 3 rings (SSSR count). The third-order valence-corrected chi connectivity index (χ3v) is 5.71. The highest BCUT2D eigenvalue weighted by atomic mass is 79.9. The van der Waals surface area contributed by atoms with Crippen molar-refractivity contribution in [3.8, 4) is 0 Å². The lowest BCUT2D eigenvalue weighted by Gasteiger charge is -2.34. The van der Waals surface area contributed by atoms with Gasteiger partial charge in [-0.15, -0.1) is 23.7 Å². The average Bonchev–Trinajstić information content (AvgIpc) is 2.88. The number of thiophene rings is 1. The van der Waals surface area contributed by atoms with Crippen molar-refractivity contribution in [2.45, 2.75) is 25.4 Å². The van der Waals surface area contributed by atoms with Gasteiger partial charge in [-0.05, 0) is 52.7 Å². The molecule has 2 aliphatic heterocycles. The summed E-state index contributed by atoms with van der Waals surface area (Å²) in [6, 6.07) is 2.96. The number of hydrogen-bond acceptors (Lipinski definition) is 3. The smallest absolute Gasteiger partial charge is 0.0339 e. The number of halogens is 2. The molecule has 3 heterocycles. The van der Waals surface area contributed by atoms with E-state index in [4.69, 9.17) is 0 Å². The molecule has 2 fully saturated rings. The summed E-state index contributed by atoms with van der Waals surface area (Å²) in [7, 11) is 0. The first-order valence-electron chi connectivity index (χ1n) is 6.00. The van der Waals surface area contributed by atoms with E-state index in [1.54, 1.807) is 0 Å². The molecule has 2 nitrogen and oxygen atoms in total. The molecule has 0 radical (unpaired) electrons. The van der Waals surface area contributed by atoms with Gasteiger partial charge in [0.2, 0.25) is 0 Å². The average molecular weight is 338 g/mol. The summed E-state index contributed by atoms with van der Waals surface area (Å²) in [6.07, 6.45) is 2.69. The van der Waals surface area contributed by atoms with E-state index in [2.05, 4.69) is 37.6 Å². The fourth-order valence-corrected chi connectivity index (χ4v) is 4.43. The predicted octanol–water partition coefficient (Wildman–Crippen LogP) is 3.12. The molecule has 5 heteroatoms. The third kappa shape index (κ3) is 3.04. The molecule has 1 aromatic rings. The van der Waals surface area contributed by atoms with Gasteiger partial charge in [0.05, 0.1) is 0 Å². The monoisotopic (exact) mass is 336 g/mol. The molecule has 0 aliphatic carbocycles. The topological polar surface area (TPSA) is 15.3 Å². The van der Waals surface area contributed by atoms with Crippen LogP contribution in [0.5, 0.6) is 0 Å². The number of nitrogens with zero attached hydrogens (tertiary/aromatic N) is 1. The number of likely N-dealkylation sites (tertiary alicyclic amines) is 1. The molecule has 17 heavy (non-hydrogen) atoms. The van der Waals surface area contributed by atoms with Crippen LogP contribution in [-0.4, -0.2) is 30.6 Å². The van der Waals surface area contributed by atoms with E-state index in [0.29, 0.717) is 0 Å². The predicted molar refractivity (Wildman–Crippen MR) is 79.1 cm³/mol. The zero-order chi connectivity index (χ0) is 11.0. The van der Waals surface area contributed by atoms with E-state index < -0.39 is 0 Å². The minimum absolute atomic E-state index is 0. The van der Waals surface area contributed by atoms with Crippen LogP contribution in [0.25, 0.3) is 0 Å². The van der Waals surface area contributed by atoms with Gasteiger partial charge in [0.15, 0.2) is 0 Å². The molecule has 1 N–H and O–H groups in total. The fraction of sp³-hybridized carbons (Fsp3) is 0.667. The van der Waals surface area contributed by atoms with E-state index in [-0.39, 0.29) is 12.4 Å². The second-order valence-corrected chi connectivity index (χ2v) is 6.68. The summed E-state index contributed by atoms with van der Waals surface area (Å²) in [5.41, 5.74) is 0. The van der Waals surface area contributed by atoms with E-state index in [1.807, 2.05) is 11.3 Å². The van der Waals surface area contributed by atoms with Crippen molar-refractivity contribution in [1.82, 2.24) is 10.2 Å². The Bertz CT molecular complexity index is 371. The minimum atomic E-state index is 0. The number of nitrogens with one attached hydrogen (secondary N) is 1. The molecule has 0 amide bonds. The Morgan fingerprint density at radius 3 is 3.12 bits per heavy atom. The van der Waals surface area contributed by atoms with Crippen LogP contribution in [0.2, 0.25) is 0 Å². The zero-order valence-electron chi connectivity index (χ0n) is 9.69. The summed E-state index contributed by atoms with van der Waals surface area (Å²) < 4.78 is 1.28. The quantitative estimate of drug-likeness (QED) is 0.892. The molecular weight excluding hydrogens is 320 g/mol. The molecular formula is C12H18BrClN2S. The molecule has 2 atom stereocenters. The van der Waals surface area contributed by atoms with Gasteiger partial charge < -0.3 is 5.32 Å². The Morgan fingerprint density at radius 1 is 1.47 bits per heavy atom. The molecule has 2 saturated heterocycles. The maximum atomic E-state index is 3.62. The van der Waals surface area contributed by atoms with Gasteiger partial charge in [0.25, 0.3) is 0 Å². The van der Waals surface area contributed by atoms with Crippen molar-refractivity contribution < 1.29 is 0 Å². The fourth-order valence-electron chi connectivity index (χ4n) is 2.91. The maximum Gasteiger partial charge on any atom is 0.0339 e. The lowest BCUT2D eigenvalue weighted by molar-refractivity contribution is 0.157. The van der Waals surface area contributed by atoms with E-state index in [1.165, 1.54) is 41.8 Å². The number of piperidine rings is 1. The number of hydrogen-bond donors (Lipinski definition) is 1. The second-order valence-electron chi connectivity index (χ2n) is 4.82. The Kier molecular flexibility index (Phi) is 4.89. The van der Waals surface area contributed by atoms with Gasteiger partial charge in [-0.2, -0.15) is 0 Å². The van der Waals surface area contributed by atoms with Crippen LogP contribution in [0, 0.1) is 5.92 Å². The largest absolute Gasteiger partial charge is 0.314 e. The second kappa shape index (κ2) is 6.02. The van der Waals surface area contributed by atoms with Crippen molar-refractivity contribution in [2.24, 2.45) is 5.92 Å². The Labute approximate surface area is 121 Å². The van der Waals surface area contributed by atoms with Crippen molar-refractivity contribution in [3.63, 3.8) is 0 Å². The van der Waals surface area contributed by atoms with Crippen molar-refractivity contribution in [2.75, 3.05) is 19.6 Å². The van der Waals surface area contributed by atoms with Crippen LogP contribution >= 0.6 is 39.7 Å². The van der Waals surface area contributed by atoms with E-state index in [0.717, 1.165) is 18.5 Å². The van der Waals surface area contributed by atoms with Gasteiger partial charge in [-0.3, -0.25) is 4.90 Å². The lowest BCUT2D eigenvalue weighted by Crippen LogP contribution is -2.43. The molecule has 0 spiro atoms. The Morgan fingerprint density at radius 2 is 2.35 bits per heavy atom. The number of fused-ring (bicyclic) bond motifs is 1. The molecule has 0 saturated carbocycles. The van der Waals surface area contributed by atoms with Gasteiger partial charge in [0.1, 0.15) is 0 Å². The molecule has 1 aromatic heterocycles. The Balaban J connectivity index is 0.00000108. The lowest BCUT2D eigenvalue weighted by atomic mass is 9.93. The first-order valence-corrected chi connectivity index (χ1v) is 7.68. The summed E-state index contributed by atoms with van der Waals surface area (Å²) in [5, 5.41) is 5.79. The van der Waals surface area contributed by atoms with E-state index >= 15 is 0 Å². The Hall–Kier alpha value is 0.390. The highest BCUT2D eigenvalue weighted by molar-refractivity contribution is 9.10. The first-order chi connectivity index (χ1) is 7.83.